The van der Waals surface area contributed by atoms with Gasteiger partial charge < -0.3 is 9.47 Å². The van der Waals surface area contributed by atoms with Gasteiger partial charge in [0.05, 0.1) is 5.69 Å². The molecular weight excluding hydrogens is 366 g/mol. The monoisotopic (exact) mass is 378 g/mol. The maximum absolute atomic E-state index is 14.2. The van der Waals surface area contributed by atoms with Gasteiger partial charge in [-0.3, -0.25) is 4.98 Å². The van der Waals surface area contributed by atoms with Crippen molar-refractivity contribution >= 4 is 23.2 Å². The SMILES string of the molecule is COCOc1c(-c2ccncc2)cc(-c2cc(Cl)ccc2F)nc1Cl. The Morgan fingerprint density at radius 1 is 1.04 bits per heavy atom. The molecule has 0 aliphatic carbocycles. The number of hydrogen-bond donors (Lipinski definition) is 0. The lowest BCUT2D eigenvalue weighted by Gasteiger charge is -2.14. The molecule has 0 spiro atoms. The molecule has 0 radical (unpaired) electrons. The summed E-state index contributed by atoms with van der Waals surface area (Å²) in [6, 6.07) is 9.55. The second kappa shape index (κ2) is 7.78. The number of halogens is 3. The summed E-state index contributed by atoms with van der Waals surface area (Å²) in [4.78, 5) is 8.25. The minimum atomic E-state index is -0.445. The first kappa shape index (κ1) is 17.6. The molecule has 2 heterocycles. The number of benzene rings is 1. The molecule has 0 amide bonds. The number of aromatic nitrogens is 2. The van der Waals surface area contributed by atoms with Crippen molar-refractivity contribution in [1.82, 2.24) is 9.97 Å². The third-order valence-electron chi connectivity index (χ3n) is 3.45. The van der Waals surface area contributed by atoms with E-state index < -0.39 is 5.82 Å². The van der Waals surface area contributed by atoms with Crippen molar-refractivity contribution < 1.29 is 13.9 Å². The molecule has 0 aliphatic heterocycles. The molecule has 0 fully saturated rings. The minimum Gasteiger partial charge on any atom is -0.464 e. The second-order valence-corrected chi connectivity index (χ2v) is 5.88. The van der Waals surface area contributed by atoms with Gasteiger partial charge in [-0.25, -0.2) is 9.37 Å². The van der Waals surface area contributed by atoms with Gasteiger partial charge in [0, 0.05) is 35.7 Å². The zero-order valence-corrected chi connectivity index (χ0v) is 14.7. The topological polar surface area (TPSA) is 44.2 Å². The van der Waals surface area contributed by atoms with Gasteiger partial charge in [0.25, 0.3) is 0 Å². The predicted molar refractivity (Wildman–Crippen MR) is 95.4 cm³/mol. The van der Waals surface area contributed by atoms with E-state index in [1.807, 2.05) is 0 Å². The van der Waals surface area contributed by atoms with Crippen molar-refractivity contribution in [1.29, 1.82) is 0 Å². The smallest absolute Gasteiger partial charge is 0.188 e. The number of nitrogens with zero attached hydrogens (tertiary/aromatic N) is 2. The van der Waals surface area contributed by atoms with Crippen LogP contribution in [0, 0.1) is 5.82 Å². The average Bonchev–Trinajstić information content (AvgIpc) is 2.63. The van der Waals surface area contributed by atoms with Crippen LogP contribution in [0.5, 0.6) is 5.75 Å². The fraction of sp³-hybridized carbons (Fsp3) is 0.111. The first-order chi connectivity index (χ1) is 12.1. The van der Waals surface area contributed by atoms with Gasteiger partial charge in [-0.05, 0) is 42.0 Å². The lowest BCUT2D eigenvalue weighted by atomic mass is 10.0. The van der Waals surface area contributed by atoms with Crippen molar-refractivity contribution in [2.24, 2.45) is 0 Å². The first-order valence-electron chi connectivity index (χ1n) is 7.28. The Hall–Kier alpha value is -2.21. The lowest BCUT2D eigenvalue weighted by molar-refractivity contribution is 0.0513. The van der Waals surface area contributed by atoms with Crippen LogP contribution in [0.25, 0.3) is 22.4 Å². The number of rotatable bonds is 5. The van der Waals surface area contributed by atoms with Gasteiger partial charge in [-0.15, -0.1) is 0 Å². The number of pyridine rings is 2. The zero-order valence-electron chi connectivity index (χ0n) is 13.2. The van der Waals surface area contributed by atoms with E-state index in [4.69, 9.17) is 32.7 Å². The van der Waals surface area contributed by atoms with E-state index in [1.165, 1.54) is 25.3 Å². The van der Waals surface area contributed by atoms with Gasteiger partial charge in [-0.2, -0.15) is 0 Å². The fourth-order valence-electron chi connectivity index (χ4n) is 2.34. The number of ether oxygens (including phenoxy) is 2. The van der Waals surface area contributed by atoms with E-state index in [0.29, 0.717) is 22.0 Å². The molecule has 128 valence electrons. The molecule has 1 aromatic carbocycles. The third kappa shape index (κ3) is 3.90. The van der Waals surface area contributed by atoms with Crippen molar-refractivity contribution in [2.45, 2.75) is 0 Å². The van der Waals surface area contributed by atoms with E-state index in [-0.39, 0.29) is 17.5 Å². The average molecular weight is 379 g/mol. The molecule has 7 heteroatoms. The van der Waals surface area contributed by atoms with Gasteiger partial charge in [0.1, 0.15) is 5.82 Å². The Morgan fingerprint density at radius 2 is 1.80 bits per heavy atom. The number of hydrogen-bond acceptors (Lipinski definition) is 4. The summed E-state index contributed by atoms with van der Waals surface area (Å²) in [7, 11) is 1.50. The predicted octanol–water partition coefficient (Wildman–Crippen LogP) is 5.24. The molecule has 2 aromatic heterocycles. The van der Waals surface area contributed by atoms with E-state index >= 15 is 0 Å². The molecule has 0 saturated heterocycles. The minimum absolute atomic E-state index is 0.00432. The third-order valence-corrected chi connectivity index (χ3v) is 3.94. The van der Waals surface area contributed by atoms with Crippen LogP contribution in [0.15, 0.2) is 48.8 Å². The Bertz CT molecular complexity index is 892. The van der Waals surface area contributed by atoms with Gasteiger partial charge in [0.2, 0.25) is 0 Å². The molecule has 4 nitrogen and oxygen atoms in total. The van der Waals surface area contributed by atoms with E-state index in [2.05, 4.69) is 9.97 Å². The van der Waals surface area contributed by atoms with Crippen molar-refractivity contribution in [3.8, 4) is 28.1 Å². The van der Waals surface area contributed by atoms with Crippen molar-refractivity contribution in [3.63, 3.8) is 0 Å². The maximum atomic E-state index is 14.2. The summed E-state index contributed by atoms with van der Waals surface area (Å²) >= 11 is 12.3. The van der Waals surface area contributed by atoms with Crippen LogP contribution in [0.1, 0.15) is 0 Å². The Morgan fingerprint density at radius 3 is 2.52 bits per heavy atom. The van der Waals surface area contributed by atoms with Crippen LogP contribution in [0.2, 0.25) is 10.2 Å². The van der Waals surface area contributed by atoms with Gasteiger partial charge >= 0.3 is 0 Å². The molecule has 0 atom stereocenters. The highest BCUT2D eigenvalue weighted by atomic mass is 35.5. The standard InChI is InChI=1S/C18H13Cl2FN2O2/c1-24-10-25-17-13(11-4-6-22-7-5-11)9-16(23-18(17)20)14-8-12(19)2-3-15(14)21/h2-9H,10H2,1H3. The molecule has 0 N–H and O–H groups in total. The lowest BCUT2D eigenvalue weighted by Crippen LogP contribution is -2.03. The van der Waals surface area contributed by atoms with E-state index in [1.54, 1.807) is 30.6 Å². The highest BCUT2D eigenvalue weighted by Gasteiger charge is 2.17. The van der Waals surface area contributed by atoms with Gasteiger partial charge in [0.15, 0.2) is 17.7 Å². The Balaban J connectivity index is 2.19. The van der Waals surface area contributed by atoms with Crippen molar-refractivity contribution in [2.75, 3.05) is 13.9 Å². The summed E-state index contributed by atoms with van der Waals surface area (Å²) in [5.41, 5.74) is 2.05. The second-order valence-electron chi connectivity index (χ2n) is 5.09. The van der Waals surface area contributed by atoms with Crippen LogP contribution in [0.4, 0.5) is 4.39 Å². The molecule has 3 rings (SSSR count). The maximum Gasteiger partial charge on any atom is 0.188 e. The normalized spacial score (nSPS) is 10.7. The van der Waals surface area contributed by atoms with E-state index in [9.17, 15) is 4.39 Å². The zero-order chi connectivity index (χ0) is 17.8. The van der Waals surface area contributed by atoms with Crippen LogP contribution < -0.4 is 4.74 Å². The summed E-state index contributed by atoms with van der Waals surface area (Å²) in [5, 5.41) is 0.500. The molecule has 0 saturated carbocycles. The Kier molecular flexibility index (Phi) is 5.48. The highest BCUT2D eigenvalue weighted by Crippen LogP contribution is 2.39. The van der Waals surface area contributed by atoms with Crippen LogP contribution in [0.3, 0.4) is 0 Å². The molecule has 3 aromatic rings. The first-order valence-corrected chi connectivity index (χ1v) is 8.04. The summed E-state index contributed by atoms with van der Waals surface area (Å²) in [6.45, 7) is 0.00432. The number of methoxy groups -OCH3 is 1. The van der Waals surface area contributed by atoms with Crippen LogP contribution in [-0.2, 0) is 4.74 Å². The Labute approximate surface area is 154 Å². The molecular formula is C18H13Cl2FN2O2. The quantitative estimate of drug-likeness (QED) is 0.449. The van der Waals surface area contributed by atoms with Crippen LogP contribution in [-0.4, -0.2) is 23.9 Å². The summed E-state index contributed by atoms with van der Waals surface area (Å²) in [5.74, 6) is -0.0971. The largest absolute Gasteiger partial charge is 0.464 e. The molecule has 0 aliphatic rings. The van der Waals surface area contributed by atoms with Crippen molar-refractivity contribution in [3.05, 3.63) is 64.8 Å². The molecule has 0 unspecified atom stereocenters. The van der Waals surface area contributed by atoms with Crippen LogP contribution >= 0.6 is 23.2 Å². The highest BCUT2D eigenvalue weighted by molar-refractivity contribution is 6.31. The summed E-state index contributed by atoms with van der Waals surface area (Å²) < 4.78 is 24.7. The van der Waals surface area contributed by atoms with Gasteiger partial charge in [-0.1, -0.05) is 23.2 Å². The fourth-order valence-corrected chi connectivity index (χ4v) is 2.75. The summed E-state index contributed by atoms with van der Waals surface area (Å²) in [6.07, 6.45) is 3.28. The molecule has 25 heavy (non-hydrogen) atoms. The molecule has 0 bridgehead atoms. The van der Waals surface area contributed by atoms with E-state index in [0.717, 1.165) is 5.56 Å².